The standard InChI is InChI=1S/C10H12BrNO3/c11-5-2-6-12-10(15)7-3-1-4-8(13)9(7)14/h1,3-4,13-14H,2,5-6H2,(H,12,15). The zero-order valence-electron chi connectivity index (χ0n) is 8.03. The van der Waals surface area contributed by atoms with Crippen LogP contribution in [0.5, 0.6) is 11.5 Å². The normalized spacial score (nSPS) is 9.93. The van der Waals surface area contributed by atoms with E-state index in [1.165, 1.54) is 18.2 Å². The number of benzene rings is 1. The Morgan fingerprint density at radius 1 is 1.40 bits per heavy atom. The molecule has 1 aromatic rings. The lowest BCUT2D eigenvalue weighted by Crippen LogP contribution is -2.24. The van der Waals surface area contributed by atoms with Gasteiger partial charge in [-0.3, -0.25) is 4.79 Å². The summed E-state index contributed by atoms with van der Waals surface area (Å²) in [5, 5.41) is 22.0. The lowest BCUT2D eigenvalue weighted by molar-refractivity contribution is 0.0950. The number of phenols is 2. The van der Waals surface area contributed by atoms with Crippen molar-refractivity contribution >= 4 is 21.8 Å². The number of amides is 1. The second-order valence-corrected chi connectivity index (χ2v) is 3.76. The molecule has 0 bridgehead atoms. The Morgan fingerprint density at radius 3 is 2.80 bits per heavy atom. The van der Waals surface area contributed by atoms with Gasteiger partial charge in [0.1, 0.15) is 0 Å². The number of alkyl halides is 1. The van der Waals surface area contributed by atoms with Gasteiger partial charge in [-0.1, -0.05) is 22.0 Å². The third kappa shape index (κ3) is 3.13. The number of nitrogens with one attached hydrogen (secondary N) is 1. The van der Waals surface area contributed by atoms with Gasteiger partial charge in [-0.2, -0.15) is 0 Å². The zero-order chi connectivity index (χ0) is 11.3. The second-order valence-electron chi connectivity index (χ2n) is 2.97. The van der Waals surface area contributed by atoms with Gasteiger partial charge in [-0.05, 0) is 18.6 Å². The molecule has 0 fully saturated rings. The number of carbonyl (C=O) groups excluding carboxylic acids is 1. The number of hydrogen-bond donors (Lipinski definition) is 3. The van der Waals surface area contributed by atoms with Crippen LogP contribution in [0, 0.1) is 0 Å². The maximum absolute atomic E-state index is 11.5. The highest BCUT2D eigenvalue weighted by atomic mass is 79.9. The van der Waals surface area contributed by atoms with Crippen LogP contribution in [0.2, 0.25) is 0 Å². The number of hydrogen-bond acceptors (Lipinski definition) is 3. The Labute approximate surface area is 96.1 Å². The highest BCUT2D eigenvalue weighted by Gasteiger charge is 2.12. The van der Waals surface area contributed by atoms with Crippen molar-refractivity contribution in [2.45, 2.75) is 6.42 Å². The number of halogens is 1. The molecule has 0 aromatic heterocycles. The highest BCUT2D eigenvalue weighted by molar-refractivity contribution is 9.09. The molecule has 0 radical (unpaired) electrons. The van der Waals surface area contributed by atoms with Crippen molar-refractivity contribution in [2.75, 3.05) is 11.9 Å². The molecule has 4 nitrogen and oxygen atoms in total. The molecule has 0 unspecified atom stereocenters. The monoisotopic (exact) mass is 273 g/mol. The third-order valence-corrected chi connectivity index (χ3v) is 2.42. The van der Waals surface area contributed by atoms with E-state index < -0.39 is 0 Å². The predicted octanol–water partition coefficient (Wildman–Crippen LogP) is 1.61. The van der Waals surface area contributed by atoms with E-state index in [0.29, 0.717) is 6.54 Å². The molecule has 3 N–H and O–H groups in total. The number of aromatic hydroxyl groups is 2. The largest absolute Gasteiger partial charge is 0.504 e. The average molecular weight is 274 g/mol. The van der Waals surface area contributed by atoms with Crippen molar-refractivity contribution in [3.05, 3.63) is 23.8 Å². The first kappa shape index (κ1) is 11.8. The summed E-state index contributed by atoms with van der Waals surface area (Å²) in [6.07, 6.45) is 0.811. The fourth-order valence-electron chi connectivity index (χ4n) is 1.08. The molecule has 1 amide bonds. The van der Waals surface area contributed by atoms with E-state index in [-0.39, 0.29) is 23.0 Å². The van der Waals surface area contributed by atoms with E-state index in [4.69, 9.17) is 0 Å². The predicted molar refractivity (Wildman–Crippen MR) is 60.5 cm³/mol. The molecular formula is C10H12BrNO3. The summed E-state index contributed by atoms with van der Waals surface area (Å²) < 4.78 is 0. The van der Waals surface area contributed by atoms with Crippen LogP contribution in [0.15, 0.2) is 18.2 Å². The molecule has 0 aliphatic carbocycles. The van der Waals surface area contributed by atoms with Gasteiger partial charge in [0.25, 0.3) is 5.91 Å². The second kappa shape index (κ2) is 5.60. The fourth-order valence-corrected chi connectivity index (χ4v) is 1.36. The van der Waals surface area contributed by atoms with Crippen LogP contribution in [0.3, 0.4) is 0 Å². The first-order valence-electron chi connectivity index (χ1n) is 4.52. The molecule has 15 heavy (non-hydrogen) atoms. The van der Waals surface area contributed by atoms with Crippen molar-refractivity contribution < 1.29 is 15.0 Å². The Morgan fingerprint density at radius 2 is 2.13 bits per heavy atom. The molecule has 0 saturated carbocycles. The van der Waals surface area contributed by atoms with E-state index in [2.05, 4.69) is 21.2 Å². The Bertz CT molecular complexity index is 355. The lowest BCUT2D eigenvalue weighted by atomic mass is 10.1. The first-order valence-corrected chi connectivity index (χ1v) is 5.64. The van der Waals surface area contributed by atoms with Gasteiger partial charge in [-0.25, -0.2) is 0 Å². The van der Waals surface area contributed by atoms with E-state index in [0.717, 1.165) is 11.8 Å². The average Bonchev–Trinajstić information content (AvgIpc) is 2.22. The molecular weight excluding hydrogens is 262 g/mol. The lowest BCUT2D eigenvalue weighted by Gasteiger charge is -2.06. The Hall–Kier alpha value is -1.23. The van der Waals surface area contributed by atoms with Gasteiger partial charge in [0.2, 0.25) is 0 Å². The molecule has 0 heterocycles. The van der Waals surface area contributed by atoms with Crippen molar-refractivity contribution in [2.24, 2.45) is 0 Å². The Balaban J connectivity index is 2.69. The van der Waals surface area contributed by atoms with Crippen LogP contribution in [-0.4, -0.2) is 28.0 Å². The maximum atomic E-state index is 11.5. The van der Waals surface area contributed by atoms with Crippen LogP contribution in [-0.2, 0) is 0 Å². The van der Waals surface area contributed by atoms with Crippen LogP contribution in [0.25, 0.3) is 0 Å². The molecule has 0 spiro atoms. The summed E-state index contributed by atoms with van der Waals surface area (Å²) in [5.74, 6) is -1.05. The summed E-state index contributed by atoms with van der Waals surface area (Å²) in [5.41, 5.74) is 0.0876. The molecule has 82 valence electrons. The van der Waals surface area contributed by atoms with Crippen LogP contribution >= 0.6 is 15.9 Å². The van der Waals surface area contributed by atoms with Gasteiger partial charge in [0.05, 0.1) is 5.56 Å². The molecule has 0 aliphatic heterocycles. The van der Waals surface area contributed by atoms with Gasteiger partial charge < -0.3 is 15.5 Å². The van der Waals surface area contributed by atoms with E-state index in [1.807, 2.05) is 0 Å². The topological polar surface area (TPSA) is 69.6 Å². The minimum atomic E-state index is -0.385. The van der Waals surface area contributed by atoms with Crippen molar-refractivity contribution in [1.29, 1.82) is 0 Å². The van der Waals surface area contributed by atoms with Crippen molar-refractivity contribution in [3.8, 4) is 11.5 Å². The van der Waals surface area contributed by atoms with Crippen molar-refractivity contribution in [1.82, 2.24) is 5.32 Å². The molecule has 1 rings (SSSR count). The summed E-state index contributed by atoms with van der Waals surface area (Å²) in [7, 11) is 0. The molecule has 5 heteroatoms. The van der Waals surface area contributed by atoms with Gasteiger partial charge in [0.15, 0.2) is 11.5 Å². The van der Waals surface area contributed by atoms with Crippen LogP contribution in [0.4, 0.5) is 0 Å². The summed E-state index contributed by atoms with van der Waals surface area (Å²) in [4.78, 5) is 11.5. The van der Waals surface area contributed by atoms with E-state index in [9.17, 15) is 15.0 Å². The zero-order valence-corrected chi connectivity index (χ0v) is 9.62. The molecule has 0 aliphatic rings. The molecule has 0 atom stereocenters. The minimum Gasteiger partial charge on any atom is -0.504 e. The van der Waals surface area contributed by atoms with Gasteiger partial charge >= 0.3 is 0 Å². The fraction of sp³-hybridized carbons (Fsp3) is 0.300. The molecule has 0 saturated heterocycles. The van der Waals surface area contributed by atoms with Gasteiger partial charge in [-0.15, -0.1) is 0 Å². The maximum Gasteiger partial charge on any atom is 0.255 e. The SMILES string of the molecule is O=C(NCCCBr)c1cccc(O)c1O. The van der Waals surface area contributed by atoms with Crippen LogP contribution < -0.4 is 5.32 Å². The number of phenolic OH excluding ortho intramolecular Hbond substituents is 2. The quantitative estimate of drug-likeness (QED) is 0.444. The smallest absolute Gasteiger partial charge is 0.255 e. The number of para-hydroxylation sites is 1. The van der Waals surface area contributed by atoms with Crippen LogP contribution in [0.1, 0.15) is 16.8 Å². The molecule has 1 aromatic carbocycles. The summed E-state index contributed by atoms with van der Waals surface area (Å²) in [6.45, 7) is 0.527. The summed E-state index contributed by atoms with van der Waals surface area (Å²) in [6, 6.07) is 4.29. The summed E-state index contributed by atoms with van der Waals surface area (Å²) >= 11 is 3.24. The minimum absolute atomic E-state index is 0.0876. The first-order chi connectivity index (χ1) is 7.16. The third-order valence-electron chi connectivity index (χ3n) is 1.86. The Kier molecular flexibility index (Phi) is 4.42. The van der Waals surface area contributed by atoms with E-state index >= 15 is 0 Å². The highest BCUT2D eigenvalue weighted by Crippen LogP contribution is 2.27. The van der Waals surface area contributed by atoms with Crippen molar-refractivity contribution in [3.63, 3.8) is 0 Å². The number of carbonyl (C=O) groups is 1. The number of rotatable bonds is 4. The van der Waals surface area contributed by atoms with Gasteiger partial charge in [0, 0.05) is 11.9 Å². The van der Waals surface area contributed by atoms with E-state index in [1.54, 1.807) is 0 Å².